The molecule has 2 heterocycles. The third-order valence-corrected chi connectivity index (χ3v) is 2.22. The fourth-order valence-electron chi connectivity index (χ4n) is 1.55. The molecule has 2 rings (SSSR count). The van der Waals surface area contributed by atoms with E-state index in [-0.39, 0.29) is 5.84 Å². The average Bonchev–Trinajstić information content (AvgIpc) is 2.36. The third kappa shape index (κ3) is 2.86. The number of pyridine rings is 1. The van der Waals surface area contributed by atoms with Gasteiger partial charge in [0.25, 0.3) is 0 Å². The van der Waals surface area contributed by atoms with Gasteiger partial charge in [0, 0.05) is 18.1 Å². The summed E-state index contributed by atoms with van der Waals surface area (Å²) < 4.78 is 0. The molecule has 0 aliphatic rings. The molecule has 0 bridgehead atoms. The highest BCUT2D eigenvalue weighted by atomic mass is 16.5. The van der Waals surface area contributed by atoms with Gasteiger partial charge in [0.15, 0.2) is 11.7 Å². The van der Waals surface area contributed by atoms with Gasteiger partial charge in [0.1, 0.15) is 5.69 Å². The molecular formula is C12H13N5O. The maximum absolute atomic E-state index is 9.10. The zero-order valence-electron chi connectivity index (χ0n) is 10.1. The SMILES string of the molecule is Cc1cc(C)nc(/N=C(\NO)c2cnccn2)c1. The van der Waals surface area contributed by atoms with Crippen molar-refractivity contribution in [1.29, 1.82) is 0 Å². The topological polar surface area (TPSA) is 83.3 Å². The van der Waals surface area contributed by atoms with Crippen LogP contribution in [0.25, 0.3) is 0 Å². The lowest BCUT2D eigenvalue weighted by Gasteiger charge is -2.04. The number of hydroxylamine groups is 1. The Bertz CT molecular complexity index is 548. The maximum Gasteiger partial charge on any atom is 0.179 e. The van der Waals surface area contributed by atoms with E-state index in [4.69, 9.17) is 5.21 Å². The summed E-state index contributed by atoms with van der Waals surface area (Å²) in [7, 11) is 0. The molecule has 6 nitrogen and oxygen atoms in total. The van der Waals surface area contributed by atoms with Crippen molar-refractivity contribution in [3.63, 3.8) is 0 Å². The van der Waals surface area contributed by atoms with Crippen molar-refractivity contribution in [2.75, 3.05) is 0 Å². The molecule has 0 aliphatic carbocycles. The first-order valence-corrected chi connectivity index (χ1v) is 5.39. The van der Waals surface area contributed by atoms with Crippen LogP contribution in [0.4, 0.5) is 5.82 Å². The summed E-state index contributed by atoms with van der Waals surface area (Å²) >= 11 is 0. The fraction of sp³-hybridized carbons (Fsp3) is 0.167. The van der Waals surface area contributed by atoms with E-state index in [9.17, 15) is 0 Å². The molecule has 0 saturated heterocycles. The lowest BCUT2D eigenvalue weighted by Crippen LogP contribution is -2.21. The van der Waals surface area contributed by atoms with Crippen LogP contribution in [0.5, 0.6) is 0 Å². The summed E-state index contributed by atoms with van der Waals surface area (Å²) in [5.74, 6) is 0.718. The van der Waals surface area contributed by atoms with Gasteiger partial charge < -0.3 is 0 Å². The Kier molecular flexibility index (Phi) is 3.59. The second-order valence-electron chi connectivity index (χ2n) is 3.81. The summed E-state index contributed by atoms with van der Waals surface area (Å²) in [4.78, 5) is 16.4. The van der Waals surface area contributed by atoms with E-state index < -0.39 is 0 Å². The van der Waals surface area contributed by atoms with Crippen LogP contribution in [0.3, 0.4) is 0 Å². The van der Waals surface area contributed by atoms with E-state index >= 15 is 0 Å². The van der Waals surface area contributed by atoms with Crippen LogP contribution >= 0.6 is 0 Å². The van der Waals surface area contributed by atoms with Crippen molar-refractivity contribution in [3.8, 4) is 0 Å². The minimum Gasteiger partial charge on any atom is -0.290 e. The largest absolute Gasteiger partial charge is 0.290 e. The van der Waals surface area contributed by atoms with Crippen LogP contribution in [0.15, 0.2) is 35.7 Å². The van der Waals surface area contributed by atoms with E-state index in [0.29, 0.717) is 11.5 Å². The van der Waals surface area contributed by atoms with Crippen molar-refractivity contribution in [3.05, 3.63) is 47.7 Å². The van der Waals surface area contributed by atoms with Crippen LogP contribution in [0.1, 0.15) is 17.0 Å². The van der Waals surface area contributed by atoms with Gasteiger partial charge in [-0.15, -0.1) is 0 Å². The van der Waals surface area contributed by atoms with Crippen LogP contribution in [0.2, 0.25) is 0 Å². The number of nitrogens with one attached hydrogen (secondary N) is 1. The summed E-state index contributed by atoms with van der Waals surface area (Å²) in [5.41, 5.74) is 4.38. The molecular weight excluding hydrogens is 230 g/mol. The van der Waals surface area contributed by atoms with Crippen molar-refractivity contribution in [2.24, 2.45) is 4.99 Å². The van der Waals surface area contributed by atoms with Crippen molar-refractivity contribution in [2.45, 2.75) is 13.8 Å². The Morgan fingerprint density at radius 2 is 2.11 bits per heavy atom. The average molecular weight is 243 g/mol. The van der Waals surface area contributed by atoms with Crippen LogP contribution < -0.4 is 5.48 Å². The zero-order valence-corrected chi connectivity index (χ0v) is 10.1. The molecule has 0 spiro atoms. The number of rotatable bonds is 2. The van der Waals surface area contributed by atoms with Crippen LogP contribution in [0, 0.1) is 13.8 Å². The normalized spacial score (nSPS) is 11.4. The molecule has 18 heavy (non-hydrogen) atoms. The number of hydrogen-bond acceptors (Lipinski definition) is 5. The monoisotopic (exact) mass is 243 g/mol. The van der Waals surface area contributed by atoms with Gasteiger partial charge in [0.2, 0.25) is 0 Å². The summed E-state index contributed by atoms with van der Waals surface area (Å²) in [5, 5.41) is 9.10. The van der Waals surface area contributed by atoms with E-state index in [1.165, 1.54) is 12.4 Å². The van der Waals surface area contributed by atoms with Crippen LogP contribution in [-0.4, -0.2) is 26.0 Å². The first-order chi connectivity index (χ1) is 8.69. The molecule has 0 radical (unpaired) electrons. The second-order valence-corrected chi connectivity index (χ2v) is 3.81. The molecule has 92 valence electrons. The smallest absolute Gasteiger partial charge is 0.179 e. The highest BCUT2D eigenvalue weighted by Crippen LogP contribution is 2.13. The molecule has 2 N–H and O–H groups in total. The number of aryl methyl sites for hydroxylation is 2. The van der Waals surface area contributed by atoms with E-state index in [0.717, 1.165) is 11.3 Å². The molecule has 0 atom stereocenters. The van der Waals surface area contributed by atoms with Gasteiger partial charge in [-0.25, -0.2) is 15.0 Å². The quantitative estimate of drug-likeness (QED) is 0.475. The molecule has 0 aliphatic heterocycles. The lowest BCUT2D eigenvalue weighted by molar-refractivity contribution is 0.234. The number of nitrogens with zero attached hydrogens (tertiary/aromatic N) is 4. The Morgan fingerprint density at radius 1 is 1.28 bits per heavy atom. The molecule has 0 fully saturated rings. The maximum atomic E-state index is 9.10. The Labute approximate surface area is 104 Å². The molecule has 0 unspecified atom stereocenters. The highest BCUT2D eigenvalue weighted by Gasteiger charge is 2.05. The van der Waals surface area contributed by atoms with Gasteiger partial charge >= 0.3 is 0 Å². The van der Waals surface area contributed by atoms with Gasteiger partial charge in [-0.2, -0.15) is 0 Å². The van der Waals surface area contributed by atoms with E-state index in [2.05, 4.69) is 19.9 Å². The highest BCUT2D eigenvalue weighted by molar-refractivity contribution is 5.97. The fourth-order valence-corrected chi connectivity index (χ4v) is 1.55. The van der Waals surface area contributed by atoms with Gasteiger partial charge in [-0.1, -0.05) is 0 Å². The van der Waals surface area contributed by atoms with Crippen molar-refractivity contribution < 1.29 is 5.21 Å². The first-order valence-electron chi connectivity index (χ1n) is 5.39. The molecule has 0 amide bonds. The van der Waals surface area contributed by atoms with Gasteiger partial charge in [0.05, 0.1) is 6.20 Å². The summed E-state index contributed by atoms with van der Waals surface area (Å²) in [6.45, 7) is 3.85. The molecule has 2 aromatic heterocycles. The number of aromatic nitrogens is 3. The van der Waals surface area contributed by atoms with Crippen LogP contribution in [-0.2, 0) is 0 Å². The second kappa shape index (κ2) is 5.33. The summed E-state index contributed by atoms with van der Waals surface area (Å²) in [6, 6.07) is 3.77. The molecule has 2 aromatic rings. The van der Waals surface area contributed by atoms with Gasteiger partial charge in [-0.3, -0.25) is 15.7 Å². The number of hydrogen-bond donors (Lipinski definition) is 2. The van der Waals surface area contributed by atoms with Crippen molar-refractivity contribution >= 4 is 11.7 Å². The minimum atomic E-state index is 0.209. The predicted octanol–water partition coefficient (Wildman–Crippen LogP) is 1.55. The standard InChI is InChI=1S/C12H13N5O/c1-8-5-9(2)15-11(6-8)16-12(17-18)10-7-13-3-4-14-10/h3-7,18H,1-2H3,(H,15,16,17). The Balaban J connectivity index is 2.41. The minimum absolute atomic E-state index is 0.209. The molecule has 0 aromatic carbocycles. The third-order valence-electron chi connectivity index (χ3n) is 2.22. The first kappa shape index (κ1) is 12.1. The predicted molar refractivity (Wildman–Crippen MR) is 66.9 cm³/mol. The van der Waals surface area contributed by atoms with Gasteiger partial charge in [-0.05, 0) is 31.5 Å². The number of aliphatic imine (C=N–C) groups is 1. The van der Waals surface area contributed by atoms with E-state index in [1.54, 1.807) is 6.20 Å². The summed E-state index contributed by atoms with van der Waals surface area (Å²) in [6.07, 6.45) is 4.58. The lowest BCUT2D eigenvalue weighted by atomic mass is 10.2. The number of amidine groups is 1. The Hall–Kier alpha value is -2.34. The molecule has 6 heteroatoms. The van der Waals surface area contributed by atoms with E-state index in [1.807, 2.05) is 31.5 Å². The zero-order chi connectivity index (χ0) is 13.0. The Morgan fingerprint density at radius 3 is 2.72 bits per heavy atom. The van der Waals surface area contributed by atoms with Crippen molar-refractivity contribution in [1.82, 2.24) is 20.4 Å². The molecule has 0 saturated carbocycles.